The van der Waals surface area contributed by atoms with Crippen molar-refractivity contribution in [3.63, 3.8) is 0 Å². The molecule has 0 unspecified atom stereocenters. The first-order chi connectivity index (χ1) is 12.3. The van der Waals surface area contributed by atoms with Crippen LogP contribution in [0.1, 0.15) is 34.3 Å². The third-order valence-corrected chi connectivity index (χ3v) is 7.27. The Hall–Kier alpha value is -2.25. The summed E-state index contributed by atoms with van der Waals surface area (Å²) in [5.74, 6) is -0.820. The van der Waals surface area contributed by atoms with E-state index in [4.69, 9.17) is 4.74 Å². The Bertz CT molecular complexity index is 994. The number of esters is 1. The normalized spacial score (nSPS) is 19.4. The maximum absolute atomic E-state index is 13.3. The summed E-state index contributed by atoms with van der Waals surface area (Å²) in [7, 11) is -3.72. The van der Waals surface area contributed by atoms with Crippen molar-refractivity contribution in [1.82, 2.24) is 4.31 Å². The maximum Gasteiger partial charge on any atom is 0.339 e. The molecule has 1 spiro atoms. The molecular weight excluding hydrogens is 357 g/mol. The standard InChI is InChI=1S/C19H18FNO4S/c1-13-12-14(20)6-7-17(13)26(23,24)21-10-8-19(9-11-21)16-5-3-2-4-15(16)18(22)25-19/h2-7,12H,8-11H2,1H3. The molecule has 7 heteroatoms. The van der Waals surface area contributed by atoms with E-state index in [0.717, 1.165) is 11.6 Å². The summed E-state index contributed by atoms with van der Waals surface area (Å²) in [6.45, 7) is 2.05. The SMILES string of the molecule is Cc1cc(F)ccc1S(=O)(=O)N1CCC2(CC1)OC(=O)c1ccccc12. The van der Waals surface area contributed by atoms with Gasteiger partial charge in [0.1, 0.15) is 11.4 Å². The largest absolute Gasteiger partial charge is 0.450 e. The minimum absolute atomic E-state index is 0.110. The quantitative estimate of drug-likeness (QED) is 0.757. The number of benzene rings is 2. The Morgan fingerprint density at radius 1 is 1.12 bits per heavy atom. The number of carbonyl (C=O) groups is 1. The highest BCUT2D eigenvalue weighted by molar-refractivity contribution is 7.89. The van der Waals surface area contributed by atoms with Gasteiger partial charge in [-0.2, -0.15) is 4.31 Å². The number of fused-ring (bicyclic) bond motifs is 2. The zero-order valence-corrected chi connectivity index (χ0v) is 15.1. The Kier molecular flexibility index (Phi) is 3.89. The van der Waals surface area contributed by atoms with Crippen LogP contribution in [0, 0.1) is 12.7 Å². The fraction of sp³-hybridized carbons (Fsp3) is 0.316. The van der Waals surface area contributed by atoms with Crippen LogP contribution >= 0.6 is 0 Å². The molecule has 2 aromatic rings. The van der Waals surface area contributed by atoms with Crippen molar-refractivity contribution in [2.24, 2.45) is 0 Å². The molecule has 5 nitrogen and oxygen atoms in total. The summed E-state index contributed by atoms with van der Waals surface area (Å²) in [6.07, 6.45) is 0.796. The van der Waals surface area contributed by atoms with E-state index in [1.165, 1.54) is 16.4 Å². The molecular formula is C19H18FNO4S. The summed E-state index contributed by atoms with van der Waals surface area (Å²) in [6, 6.07) is 10.9. The molecule has 0 saturated carbocycles. The molecule has 1 fully saturated rings. The van der Waals surface area contributed by atoms with Gasteiger partial charge in [0.2, 0.25) is 10.0 Å². The van der Waals surface area contributed by atoms with Gasteiger partial charge in [0.25, 0.3) is 0 Å². The number of nitrogens with zero attached hydrogens (tertiary/aromatic N) is 1. The van der Waals surface area contributed by atoms with Crippen molar-refractivity contribution < 1.29 is 22.3 Å². The van der Waals surface area contributed by atoms with Crippen molar-refractivity contribution >= 4 is 16.0 Å². The van der Waals surface area contributed by atoms with Crippen molar-refractivity contribution in [3.8, 4) is 0 Å². The van der Waals surface area contributed by atoms with E-state index in [-0.39, 0.29) is 24.0 Å². The van der Waals surface area contributed by atoms with Crippen molar-refractivity contribution in [2.45, 2.75) is 30.3 Å². The fourth-order valence-corrected chi connectivity index (χ4v) is 5.49. The van der Waals surface area contributed by atoms with Crippen LogP contribution in [-0.4, -0.2) is 31.8 Å². The molecule has 136 valence electrons. The van der Waals surface area contributed by atoms with Crippen LogP contribution in [0.2, 0.25) is 0 Å². The number of hydrogen-bond acceptors (Lipinski definition) is 4. The lowest BCUT2D eigenvalue weighted by Crippen LogP contribution is -2.45. The van der Waals surface area contributed by atoms with Gasteiger partial charge in [0.15, 0.2) is 0 Å². The fourth-order valence-electron chi connectivity index (χ4n) is 3.85. The van der Waals surface area contributed by atoms with Gasteiger partial charge in [-0.3, -0.25) is 0 Å². The van der Waals surface area contributed by atoms with Crippen LogP contribution in [0.4, 0.5) is 4.39 Å². The van der Waals surface area contributed by atoms with Gasteiger partial charge in [0, 0.05) is 31.5 Å². The maximum atomic E-state index is 13.3. The van der Waals surface area contributed by atoms with E-state index in [1.807, 2.05) is 12.1 Å². The van der Waals surface area contributed by atoms with Gasteiger partial charge in [0.05, 0.1) is 10.5 Å². The molecule has 0 aliphatic carbocycles. The number of ether oxygens (including phenoxy) is 1. The Labute approximate surface area is 151 Å². The van der Waals surface area contributed by atoms with Crippen LogP contribution in [0.15, 0.2) is 47.4 Å². The molecule has 0 radical (unpaired) electrons. The van der Waals surface area contributed by atoms with Gasteiger partial charge >= 0.3 is 5.97 Å². The van der Waals surface area contributed by atoms with E-state index in [0.29, 0.717) is 24.0 Å². The summed E-state index contributed by atoms with van der Waals surface area (Å²) in [5.41, 5.74) is 1.01. The average molecular weight is 375 g/mol. The van der Waals surface area contributed by atoms with Crippen LogP contribution in [0.3, 0.4) is 0 Å². The van der Waals surface area contributed by atoms with E-state index in [9.17, 15) is 17.6 Å². The van der Waals surface area contributed by atoms with Gasteiger partial charge < -0.3 is 4.74 Å². The smallest absolute Gasteiger partial charge is 0.339 e. The van der Waals surface area contributed by atoms with Crippen LogP contribution in [0.25, 0.3) is 0 Å². The number of halogens is 1. The lowest BCUT2D eigenvalue weighted by molar-refractivity contribution is -0.0329. The number of sulfonamides is 1. The molecule has 4 rings (SSSR count). The Morgan fingerprint density at radius 3 is 2.50 bits per heavy atom. The van der Waals surface area contributed by atoms with Crippen molar-refractivity contribution in [3.05, 3.63) is 65.0 Å². The zero-order chi connectivity index (χ0) is 18.5. The molecule has 0 bridgehead atoms. The van der Waals surface area contributed by atoms with Gasteiger partial charge in [-0.05, 0) is 36.8 Å². The minimum Gasteiger partial charge on any atom is -0.450 e. The molecule has 0 atom stereocenters. The lowest BCUT2D eigenvalue weighted by atomic mass is 9.84. The van der Waals surface area contributed by atoms with Crippen LogP contribution in [-0.2, 0) is 20.4 Å². The van der Waals surface area contributed by atoms with E-state index >= 15 is 0 Å². The molecule has 2 aromatic carbocycles. The highest BCUT2D eigenvalue weighted by Gasteiger charge is 2.48. The third-order valence-electron chi connectivity index (χ3n) is 5.21. The number of carbonyl (C=O) groups excluding carboxylic acids is 1. The number of piperidine rings is 1. The van der Waals surface area contributed by atoms with Crippen LogP contribution < -0.4 is 0 Å². The first-order valence-corrected chi connectivity index (χ1v) is 9.87. The number of rotatable bonds is 2. The van der Waals surface area contributed by atoms with E-state index < -0.39 is 21.4 Å². The third kappa shape index (κ3) is 2.54. The van der Waals surface area contributed by atoms with E-state index in [2.05, 4.69) is 0 Å². The molecule has 0 aromatic heterocycles. The molecule has 0 N–H and O–H groups in total. The summed E-state index contributed by atoms with van der Waals surface area (Å²) >= 11 is 0. The minimum atomic E-state index is -3.72. The molecule has 0 amide bonds. The van der Waals surface area contributed by atoms with Crippen molar-refractivity contribution in [1.29, 1.82) is 0 Å². The highest BCUT2D eigenvalue weighted by Crippen LogP contribution is 2.44. The Balaban J connectivity index is 1.60. The van der Waals surface area contributed by atoms with Gasteiger partial charge in [-0.1, -0.05) is 18.2 Å². The van der Waals surface area contributed by atoms with Crippen molar-refractivity contribution in [2.75, 3.05) is 13.1 Å². The second kappa shape index (κ2) is 5.89. The monoisotopic (exact) mass is 375 g/mol. The topological polar surface area (TPSA) is 63.7 Å². The summed E-state index contributed by atoms with van der Waals surface area (Å²) < 4.78 is 46.2. The lowest BCUT2D eigenvalue weighted by Gasteiger charge is -2.38. The molecule has 2 heterocycles. The number of aryl methyl sites for hydroxylation is 1. The zero-order valence-electron chi connectivity index (χ0n) is 14.2. The first-order valence-electron chi connectivity index (χ1n) is 8.43. The average Bonchev–Trinajstić information content (AvgIpc) is 2.87. The molecule has 2 aliphatic rings. The molecule has 26 heavy (non-hydrogen) atoms. The second-order valence-electron chi connectivity index (χ2n) is 6.74. The highest BCUT2D eigenvalue weighted by atomic mass is 32.2. The first kappa shape index (κ1) is 17.2. The number of hydrogen-bond donors (Lipinski definition) is 0. The summed E-state index contributed by atoms with van der Waals surface area (Å²) in [5, 5.41) is 0. The van der Waals surface area contributed by atoms with Crippen LogP contribution in [0.5, 0.6) is 0 Å². The van der Waals surface area contributed by atoms with E-state index in [1.54, 1.807) is 19.1 Å². The van der Waals surface area contributed by atoms with Gasteiger partial charge in [-0.15, -0.1) is 0 Å². The molecule has 2 aliphatic heterocycles. The molecule has 1 saturated heterocycles. The predicted octanol–water partition coefficient (Wildman–Crippen LogP) is 2.98. The second-order valence-corrected chi connectivity index (χ2v) is 8.65. The van der Waals surface area contributed by atoms with Gasteiger partial charge in [-0.25, -0.2) is 17.6 Å². The Morgan fingerprint density at radius 2 is 1.81 bits per heavy atom. The summed E-state index contributed by atoms with van der Waals surface area (Å²) in [4.78, 5) is 12.2. The predicted molar refractivity (Wildman–Crippen MR) is 92.7 cm³/mol.